The Bertz CT molecular complexity index is 1030. The number of benzene rings is 2. The van der Waals surface area contributed by atoms with Crippen molar-refractivity contribution < 1.29 is 14.3 Å². The molecule has 0 saturated carbocycles. The SMILES string of the molecule is CC(C)(C)OC(=O)Oc1cc(C(C)(C)C)ccc1-n1nc2ccc(Cl)cc2n1. The summed E-state index contributed by atoms with van der Waals surface area (Å²) in [7, 11) is 0. The Labute approximate surface area is 169 Å². The minimum absolute atomic E-state index is 0.125. The molecule has 0 unspecified atom stereocenters. The zero-order valence-electron chi connectivity index (χ0n) is 16.9. The van der Waals surface area contributed by atoms with Crippen molar-refractivity contribution in [3.05, 3.63) is 47.0 Å². The average Bonchev–Trinajstić information content (AvgIpc) is 2.94. The van der Waals surface area contributed by atoms with Gasteiger partial charge in [-0.1, -0.05) is 38.4 Å². The van der Waals surface area contributed by atoms with Gasteiger partial charge in [0.05, 0.1) is 0 Å². The maximum Gasteiger partial charge on any atom is 0.514 e. The number of aromatic nitrogens is 3. The van der Waals surface area contributed by atoms with Crippen LogP contribution in [0.25, 0.3) is 16.7 Å². The topological polar surface area (TPSA) is 66.2 Å². The molecule has 6 nitrogen and oxygen atoms in total. The van der Waals surface area contributed by atoms with E-state index in [2.05, 4.69) is 31.0 Å². The van der Waals surface area contributed by atoms with Gasteiger partial charge in [-0.05, 0) is 62.1 Å². The number of carbonyl (C=O) groups is 1. The molecule has 0 fully saturated rings. The fourth-order valence-corrected chi connectivity index (χ4v) is 2.75. The number of nitrogens with zero attached hydrogens (tertiary/aromatic N) is 3. The lowest BCUT2D eigenvalue weighted by Crippen LogP contribution is -2.26. The Hall–Kier alpha value is -2.60. The van der Waals surface area contributed by atoms with E-state index >= 15 is 0 Å². The van der Waals surface area contributed by atoms with E-state index in [0.717, 1.165) is 5.56 Å². The predicted octanol–water partition coefficient (Wildman–Crippen LogP) is 5.69. The summed E-state index contributed by atoms with van der Waals surface area (Å²) in [4.78, 5) is 13.7. The highest BCUT2D eigenvalue weighted by atomic mass is 35.5. The highest BCUT2D eigenvalue weighted by Crippen LogP contribution is 2.31. The molecule has 2 aromatic carbocycles. The van der Waals surface area contributed by atoms with Crippen molar-refractivity contribution in [2.75, 3.05) is 0 Å². The second-order valence-electron chi connectivity index (χ2n) is 8.62. The van der Waals surface area contributed by atoms with Gasteiger partial charge in [-0.15, -0.1) is 15.0 Å². The van der Waals surface area contributed by atoms with E-state index < -0.39 is 11.8 Å². The van der Waals surface area contributed by atoms with Gasteiger partial charge in [0.25, 0.3) is 0 Å². The molecule has 7 heteroatoms. The lowest BCUT2D eigenvalue weighted by atomic mass is 9.87. The number of hydrogen-bond donors (Lipinski definition) is 0. The van der Waals surface area contributed by atoms with E-state index in [9.17, 15) is 4.79 Å². The Balaban J connectivity index is 2.06. The lowest BCUT2D eigenvalue weighted by Gasteiger charge is -2.22. The van der Waals surface area contributed by atoms with E-state index in [0.29, 0.717) is 27.5 Å². The third kappa shape index (κ3) is 4.62. The van der Waals surface area contributed by atoms with E-state index in [-0.39, 0.29) is 5.41 Å². The smallest absolute Gasteiger partial charge is 0.428 e. The molecule has 148 valence electrons. The van der Waals surface area contributed by atoms with Crippen LogP contribution in [0.5, 0.6) is 5.75 Å². The van der Waals surface area contributed by atoms with Crippen LogP contribution >= 0.6 is 11.6 Å². The van der Waals surface area contributed by atoms with Crippen LogP contribution in [-0.4, -0.2) is 26.8 Å². The fraction of sp³-hybridized carbons (Fsp3) is 0.381. The average molecular weight is 402 g/mol. The van der Waals surface area contributed by atoms with E-state index in [1.165, 1.54) is 4.80 Å². The summed E-state index contributed by atoms with van der Waals surface area (Å²) >= 11 is 6.04. The number of hydrogen-bond acceptors (Lipinski definition) is 5. The van der Waals surface area contributed by atoms with Gasteiger partial charge in [0, 0.05) is 5.02 Å². The third-order valence-electron chi connectivity index (χ3n) is 3.97. The van der Waals surface area contributed by atoms with Crippen LogP contribution in [-0.2, 0) is 10.2 Å². The minimum Gasteiger partial charge on any atom is -0.428 e. The maximum atomic E-state index is 12.3. The van der Waals surface area contributed by atoms with Crippen LogP contribution in [0.15, 0.2) is 36.4 Å². The predicted molar refractivity (Wildman–Crippen MR) is 109 cm³/mol. The number of halogens is 1. The standard InChI is InChI=1S/C21H24ClN3O3/c1-20(2,3)13-7-10-17(18(11-13)27-19(26)28-21(4,5)6)25-23-15-9-8-14(22)12-16(15)24-25/h7-12H,1-6H3. The summed E-state index contributed by atoms with van der Waals surface area (Å²) in [6.07, 6.45) is -0.778. The molecule has 0 aliphatic rings. The second kappa shape index (κ2) is 7.09. The molecule has 0 spiro atoms. The molecule has 3 aromatic rings. The molecule has 1 heterocycles. The van der Waals surface area contributed by atoms with Gasteiger partial charge in [0.1, 0.15) is 22.3 Å². The van der Waals surface area contributed by atoms with Gasteiger partial charge in [-0.2, -0.15) is 0 Å². The number of rotatable bonds is 2. The Morgan fingerprint density at radius 3 is 2.29 bits per heavy atom. The minimum atomic E-state index is -0.778. The molecular formula is C21H24ClN3O3. The van der Waals surface area contributed by atoms with Crippen molar-refractivity contribution in [2.45, 2.75) is 52.6 Å². The Morgan fingerprint density at radius 2 is 1.64 bits per heavy atom. The lowest BCUT2D eigenvalue weighted by molar-refractivity contribution is 0.0205. The molecule has 0 atom stereocenters. The van der Waals surface area contributed by atoms with Gasteiger partial charge in [0.2, 0.25) is 0 Å². The molecule has 1 aromatic heterocycles. The van der Waals surface area contributed by atoms with Gasteiger partial charge >= 0.3 is 6.16 Å². The van der Waals surface area contributed by atoms with E-state index in [4.69, 9.17) is 21.1 Å². The van der Waals surface area contributed by atoms with Crippen molar-refractivity contribution in [1.82, 2.24) is 15.0 Å². The Kier molecular flexibility index (Phi) is 5.10. The summed E-state index contributed by atoms with van der Waals surface area (Å²) in [5.74, 6) is 0.327. The van der Waals surface area contributed by atoms with Crippen molar-refractivity contribution in [1.29, 1.82) is 0 Å². The van der Waals surface area contributed by atoms with Gasteiger partial charge in [-0.25, -0.2) is 4.79 Å². The van der Waals surface area contributed by atoms with E-state index in [1.807, 2.05) is 18.2 Å². The fourth-order valence-electron chi connectivity index (χ4n) is 2.58. The van der Waals surface area contributed by atoms with Gasteiger partial charge in [-0.3, -0.25) is 0 Å². The molecule has 0 amide bonds. The molecule has 3 rings (SSSR count). The Morgan fingerprint density at radius 1 is 0.964 bits per heavy atom. The first kappa shape index (κ1) is 20.1. The zero-order valence-corrected chi connectivity index (χ0v) is 17.7. The summed E-state index contributed by atoms with van der Waals surface area (Å²) in [5.41, 5.74) is 2.10. The largest absolute Gasteiger partial charge is 0.514 e. The first-order valence-corrected chi connectivity index (χ1v) is 9.38. The second-order valence-corrected chi connectivity index (χ2v) is 9.06. The summed E-state index contributed by atoms with van der Waals surface area (Å²) in [6.45, 7) is 11.6. The third-order valence-corrected chi connectivity index (χ3v) is 4.20. The van der Waals surface area contributed by atoms with Crippen LogP contribution in [0, 0.1) is 0 Å². The van der Waals surface area contributed by atoms with Crippen LogP contribution in [0.3, 0.4) is 0 Å². The first-order valence-electron chi connectivity index (χ1n) is 9.01. The number of carbonyl (C=O) groups excluding carboxylic acids is 1. The van der Waals surface area contributed by atoms with Crippen LogP contribution in [0.2, 0.25) is 5.02 Å². The van der Waals surface area contributed by atoms with Crippen molar-refractivity contribution in [3.8, 4) is 11.4 Å². The van der Waals surface area contributed by atoms with Crippen molar-refractivity contribution in [3.63, 3.8) is 0 Å². The molecule has 0 radical (unpaired) electrons. The van der Waals surface area contributed by atoms with Crippen LogP contribution in [0.4, 0.5) is 4.79 Å². The summed E-state index contributed by atoms with van der Waals surface area (Å²) < 4.78 is 10.8. The quantitative estimate of drug-likeness (QED) is 0.408. The number of fused-ring (bicyclic) bond motifs is 1. The molecule has 0 aliphatic heterocycles. The maximum absolute atomic E-state index is 12.3. The molecule has 0 aliphatic carbocycles. The van der Waals surface area contributed by atoms with Crippen LogP contribution < -0.4 is 4.74 Å². The highest BCUT2D eigenvalue weighted by Gasteiger charge is 2.23. The molecule has 28 heavy (non-hydrogen) atoms. The first-order chi connectivity index (χ1) is 12.9. The summed E-state index contributed by atoms with van der Waals surface area (Å²) in [5, 5.41) is 9.52. The number of ether oxygens (including phenoxy) is 2. The van der Waals surface area contributed by atoms with E-state index in [1.54, 1.807) is 39.0 Å². The molecule has 0 N–H and O–H groups in total. The van der Waals surface area contributed by atoms with Gasteiger partial charge in [0.15, 0.2) is 5.75 Å². The normalized spacial score (nSPS) is 12.2. The molecular weight excluding hydrogens is 378 g/mol. The van der Waals surface area contributed by atoms with Crippen molar-refractivity contribution >= 4 is 28.8 Å². The van der Waals surface area contributed by atoms with Crippen molar-refractivity contribution in [2.24, 2.45) is 0 Å². The van der Waals surface area contributed by atoms with Gasteiger partial charge < -0.3 is 9.47 Å². The summed E-state index contributed by atoms with van der Waals surface area (Å²) in [6, 6.07) is 10.9. The van der Waals surface area contributed by atoms with Crippen LogP contribution in [0.1, 0.15) is 47.1 Å². The molecule has 0 saturated heterocycles. The highest BCUT2D eigenvalue weighted by molar-refractivity contribution is 6.31. The molecule has 0 bridgehead atoms. The zero-order chi connectivity index (χ0) is 20.7. The monoisotopic (exact) mass is 401 g/mol.